The average molecular weight is 316 g/mol. The van der Waals surface area contributed by atoms with E-state index in [2.05, 4.69) is 10.1 Å². The molecule has 1 aliphatic heterocycles. The number of aromatic nitrogens is 2. The molecule has 0 radical (unpaired) electrons. The molecule has 1 saturated heterocycles. The molecule has 3 rings (SSSR count). The summed E-state index contributed by atoms with van der Waals surface area (Å²) >= 11 is 14.0. The summed E-state index contributed by atoms with van der Waals surface area (Å²) < 4.78 is 5.28. The van der Waals surface area contributed by atoms with Crippen molar-refractivity contribution in [1.29, 1.82) is 0 Å². The normalized spacial score (nSPS) is 18.9. The third kappa shape index (κ3) is 2.42. The first kappa shape index (κ1) is 13.1. The first-order valence-electron chi connectivity index (χ1n) is 5.86. The van der Waals surface area contributed by atoms with Crippen molar-refractivity contribution in [3.8, 4) is 11.5 Å². The number of nitrogens with two attached hydrogens (primary N) is 1. The van der Waals surface area contributed by atoms with Gasteiger partial charge in [-0.2, -0.15) is 16.7 Å². The van der Waals surface area contributed by atoms with Crippen molar-refractivity contribution in [1.82, 2.24) is 10.1 Å². The standard InChI is InChI=1S/C12H11Cl2N3OS/c13-6-3-4-7(14)10(15)9(6)12-16-11(17-18-12)8-2-1-5-19-8/h3-4,8H,1-2,5,15H2. The second kappa shape index (κ2) is 5.23. The molecule has 4 nitrogen and oxygen atoms in total. The van der Waals surface area contributed by atoms with E-state index in [4.69, 9.17) is 33.5 Å². The lowest BCUT2D eigenvalue weighted by atomic mass is 10.2. The number of hydrogen-bond donors (Lipinski definition) is 1. The van der Waals surface area contributed by atoms with Gasteiger partial charge in [0.15, 0.2) is 5.82 Å². The largest absolute Gasteiger partial charge is 0.397 e. The van der Waals surface area contributed by atoms with Crippen LogP contribution in [0.4, 0.5) is 5.69 Å². The Labute approximate surface area is 124 Å². The number of nitrogen functional groups attached to an aromatic ring is 1. The van der Waals surface area contributed by atoms with Gasteiger partial charge >= 0.3 is 0 Å². The first-order valence-corrected chi connectivity index (χ1v) is 7.66. The van der Waals surface area contributed by atoms with E-state index in [1.165, 1.54) is 6.42 Å². The SMILES string of the molecule is Nc1c(Cl)ccc(Cl)c1-c1nc(C2CCCS2)no1. The Kier molecular flexibility index (Phi) is 3.60. The van der Waals surface area contributed by atoms with Crippen LogP contribution in [0.5, 0.6) is 0 Å². The predicted octanol–water partition coefficient (Wildman–Crippen LogP) is 4.19. The summed E-state index contributed by atoms with van der Waals surface area (Å²) in [5, 5.41) is 5.20. The van der Waals surface area contributed by atoms with Gasteiger partial charge in [0, 0.05) is 0 Å². The second-order valence-corrected chi connectivity index (χ2v) is 6.40. The highest BCUT2D eigenvalue weighted by molar-refractivity contribution is 7.99. The Morgan fingerprint density at radius 3 is 2.84 bits per heavy atom. The van der Waals surface area contributed by atoms with Crippen molar-refractivity contribution in [2.45, 2.75) is 18.1 Å². The molecule has 1 aromatic carbocycles. The summed E-state index contributed by atoms with van der Waals surface area (Å²) in [6.45, 7) is 0. The van der Waals surface area contributed by atoms with E-state index in [0.717, 1.165) is 12.2 Å². The Hall–Kier alpha value is -0.910. The minimum Gasteiger partial charge on any atom is -0.397 e. The summed E-state index contributed by atoms with van der Waals surface area (Å²) in [7, 11) is 0. The summed E-state index contributed by atoms with van der Waals surface area (Å²) in [6, 6.07) is 3.32. The number of rotatable bonds is 2. The van der Waals surface area contributed by atoms with E-state index in [9.17, 15) is 0 Å². The summed E-state index contributed by atoms with van der Waals surface area (Å²) in [4.78, 5) is 4.40. The zero-order valence-electron chi connectivity index (χ0n) is 9.90. The van der Waals surface area contributed by atoms with Crippen LogP contribution in [0.3, 0.4) is 0 Å². The summed E-state index contributed by atoms with van der Waals surface area (Å²) in [5.74, 6) is 2.16. The molecule has 0 amide bonds. The van der Waals surface area contributed by atoms with Gasteiger partial charge in [-0.15, -0.1) is 0 Å². The first-order chi connectivity index (χ1) is 9.16. The average Bonchev–Trinajstić information content (AvgIpc) is 3.04. The van der Waals surface area contributed by atoms with E-state index in [1.807, 2.05) is 11.8 Å². The van der Waals surface area contributed by atoms with Gasteiger partial charge in [-0.25, -0.2) is 0 Å². The molecule has 7 heteroatoms. The smallest absolute Gasteiger partial charge is 0.261 e. The van der Waals surface area contributed by atoms with Gasteiger partial charge in [0.25, 0.3) is 5.89 Å². The van der Waals surface area contributed by atoms with E-state index < -0.39 is 0 Å². The van der Waals surface area contributed by atoms with E-state index in [-0.39, 0.29) is 0 Å². The van der Waals surface area contributed by atoms with Crippen LogP contribution in [-0.4, -0.2) is 15.9 Å². The van der Waals surface area contributed by atoms with Gasteiger partial charge in [0.2, 0.25) is 0 Å². The van der Waals surface area contributed by atoms with Crippen molar-refractivity contribution in [2.75, 3.05) is 11.5 Å². The van der Waals surface area contributed by atoms with Gasteiger partial charge in [-0.05, 0) is 30.7 Å². The highest BCUT2D eigenvalue weighted by Crippen LogP contribution is 2.41. The van der Waals surface area contributed by atoms with Gasteiger partial charge in [-0.1, -0.05) is 28.4 Å². The number of anilines is 1. The quantitative estimate of drug-likeness (QED) is 0.841. The zero-order chi connectivity index (χ0) is 13.4. The second-order valence-electron chi connectivity index (χ2n) is 4.28. The highest BCUT2D eigenvalue weighted by Gasteiger charge is 2.25. The lowest BCUT2D eigenvalue weighted by molar-refractivity contribution is 0.421. The van der Waals surface area contributed by atoms with Gasteiger partial charge in [0.1, 0.15) is 0 Å². The van der Waals surface area contributed by atoms with Gasteiger partial charge in [-0.3, -0.25) is 0 Å². The topological polar surface area (TPSA) is 64.9 Å². The molecule has 0 spiro atoms. The van der Waals surface area contributed by atoms with Crippen LogP contribution in [0.2, 0.25) is 10.0 Å². The molecular weight excluding hydrogens is 305 g/mol. The van der Waals surface area contributed by atoms with Crippen molar-refractivity contribution in [2.24, 2.45) is 0 Å². The van der Waals surface area contributed by atoms with Crippen LogP contribution in [0.1, 0.15) is 23.9 Å². The third-order valence-corrected chi connectivity index (χ3v) is 5.03. The molecule has 1 fully saturated rings. The molecule has 2 aromatic rings. The van der Waals surface area contributed by atoms with Crippen LogP contribution < -0.4 is 5.73 Å². The maximum absolute atomic E-state index is 6.13. The fourth-order valence-corrected chi connectivity index (χ4v) is 3.63. The number of nitrogens with zero attached hydrogens (tertiary/aromatic N) is 2. The van der Waals surface area contributed by atoms with Crippen LogP contribution in [0.25, 0.3) is 11.5 Å². The fraction of sp³-hybridized carbons (Fsp3) is 0.333. The molecule has 1 aliphatic rings. The minimum atomic E-state index is 0.302. The molecule has 1 aromatic heterocycles. The molecule has 0 bridgehead atoms. The molecule has 0 saturated carbocycles. The van der Waals surface area contributed by atoms with Crippen molar-refractivity contribution < 1.29 is 4.52 Å². The number of halogens is 2. The molecule has 2 N–H and O–H groups in total. The lowest BCUT2D eigenvalue weighted by Gasteiger charge is -2.05. The maximum Gasteiger partial charge on any atom is 0.261 e. The van der Waals surface area contributed by atoms with Crippen molar-refractivity contribution in [3.63, 3.8) is 0 Å². The van der Waals surface area contributed by atoms with E-state index in [1.54, 1.807) is 12.1 Å². The van der Waals surface area contributed by atoms with E-state index >= 15 is 0 Å². The van der Waals surface area contributed by atoms with Crippen molar-refractivity contribution in [3.05, 3.63) is 28.0 Å². The summed E-state index contributed by atoms with van der Waals surface area (Å²) in [5.41, 5.74) is 6.80. The molecular formula is C12H11Cl2N3OS. The zero-order valence-corrected chi connectivity index (χ0v) is 12.2. The Morgan fingerprint density at radius 2 is 2.11 bits per heavy atom. The Balaban J connectivity index is 2.01. The molecule has 100 valence electrons. The number of hydrogen-bond acceptors (Lipinski definition) is 5. The monoisotopic (exact) mass is 315 g/mol. The number of benzene rings is 1. The van der Waals surface area contributed by atoms with Gasteiger partial charge < -0.3 is 10.3 Å². The number of thioether (sulfide) groups is 1. The van der Waals surface area contributed by atoms with Crippen LogP contribution in [-0.2, 0) is 0 Å². The Morgan fingerprint density at radius 1 is 1.32 bits per heavy atom. The van der Waals surface area contributed by atoms with Gasteiger partial charge in [0.05, 0.1) is 26.5 Å². The van der Waals surface area contributed by atoms with Crippen molar-refractivity contribution >= 4 is 40.7 Å². The van der Waals surface area contributed by atoms with Crippen LogP contribution in [0.15, 0.2) is 16.7 Å². The fourth-order valence-electron chi connectivity index (χ4n) is 2.03. The van der Waals surface area contributed by atoms with Crippen LogP contribution >= 0.6 is 35.0 Å². The lowest BCUT2D eigenvalue weighted by Crippen LogP contribution is -1.94. The Bertz CT molecular complexity index is 611. The highest BCUT2D eigenvalue weighted by atomic mass is 35.5. The predicted molar refractivity (Wildman–Crippen MR) is 78.6 cm³/mol. The molecule has 0 aliphatic carbocycles. The molecule has 19 heavy (non-hydrogen) atoms. The molecule has 2 heterocycles. The summed E-state index contributed by atoms with van der Waals surface area (Å²) in [6.07, 6.45) is 2.25. The molecule has 1 atom stereocenters. The minimum absolute atomic E-state index is 0.302. The van der Waals surface area contributed by atoms with Crippen LogP contribution in [0, 0.1) is 0 Å². The third-order valence-electron chi connectivity index (χ3n) is 3.01. The van der Waals surface area contributed by atoms with E-state index in [0.29, 0.717) is 38.3 Å². The molecule has 1 unspecified atom stereocenters. The maximum atomic E-state index is 6.13.